The monoisotopic (exact) mass is 444 g/mol. The lowest BCUT2D eigenvalue weighted by molar-refractivity contribution is -0.137. The Labute approximate surface area is 181 Å². The van der Waals surface area contributed by atoms with E-state index in [1.165, 1.54) is 30.5 Å². The molecule has 0 bridgehead atoms. The maximum absolute atomic E-state index is 13.2. The van der Waals surface area contributed by atoms with Gasteiger partial charge in [0.15, 0.2) is 0 Å². The quantitative estimate of drug-likeness (QED) is 0.588. The average molecular weight is 444 g/mol. The summed E-state index contributed by atoms with van der Waals surface area (Å²) in [7, 11) is 0. The van der Waals surface area contributed by atoms with E-state index in [4.69, 9.17) is 5.73 Å². The van der Waals surface area contributed by atoms with Crippen molar-refractivity contribution in [1.82, 2.24) is 14.9 Å². The SMILES string of the molecule is Nc1ncc(-c2ccc(C(F)(F)F)cc2)c(C2CCCN2C(=O)Cc2ccc(F)cc2)n1. The van der Waals surface area contributed by atoms with E-state index in [-0.39, 0.29) is 30.1 Å². The Hall–Kier alpha value is -3.49. The zero-order valence-corrected chi connectivity index (χ0v) is 16.9. The first-order valence-electron chi connectivity index (χ1n) is 10.1. The normalized spacial score (nSPS) is 16.4. The molecule has 1 amide bonds. The zero-order chi connectivity index (χ0) is 22.9. The number of hydrogen-bond acceptors (Lipinski definition) is 4. The number of hydrogen-bond donors (Lipinski definition) is 1. The van der Waals surface area contributed by atoms with Crippen LogP contribution in [0.15, 0.2) is 54.7 Å². The lowest BCUT2D eigenvalue weighted by Gasteiger charge is -2.26. The van der Waals surface area contributed by atoms with Gasteiger partial charge in [0.05, 0.1) is 23.7 Å². The number of nitrogen functional groups attached to an aromatic ring is 1. The molecule has 1 saturated heterocycles. The van der Waals surface area contributed by atoms with Crippen LogP contribution in [0.4, 0.5) is 23.5 Å². The molecule has 2 N–H and O–H groups in total. The topological polar surface area (TPSA) is 72.1 Å². The average Bonchev–Trinajstić information content (AvgIpc) is 3.25. The fourth-order valence-electron chi connectivity index (χ4n) is 3.95. The predicted octanol–water partition coefficient (Wildman–Crippen LogP) is 4.79. The van der Waals surface area contributed by atoms with Crippen molar-refractivity contribution in [3.8, 4) is 11.1 Å². The molecule has 1 atom stereocenters. The lowest BCUT2D eigenvalue weighted by Crippen LogP contribution is -2.32. The molecular weight excluding hydrogens is 424 g/mol. The van der Waals surface area contributed by atoms with Gasteiger partial charge in [-0.15, -0.1) is 0 Å². The van der Waals surface area contributed by atoms with Gasteiger partial charge in [-0.25, -0.2) is 14.4 Å². The first kappa shape index (κ1) is 21.7. The van der Waals surface area contributed by atoms with Gasteiger partial charge in [0.2, 0.25) is 11.9 Å². The molecule has 0 aliphatic carbocycles. The van der Waals surface area contributed by atoms with Gasteiger partial charge in [0, 0.05) is 18.3 Å². The van der Waals surface area contributed by atoms with Crippen molar-refractivity contribution < 1.29 is 22.4 Å². The minimum absolute atomic E-state index is 0.0218. The number of rotatable bonds is 4. The van der Waals surface area contributed by atoms with Crippen LogP contribution in [0.1, 0.15) is 35.7 Å². The minimum atomic E-state index is -4.44. The van der Waals surface area contributed by atoms with Crippen molar-refractivity contribution in [2.24, 2.45) is 0 Å². The summed E-state index contributed by atoms with van der Waals surface area (Å²) in [6, 6.07) is 10.1. The zero-order valence-electron chi connectivity index (χ0n) is 16.9. The van der Waals surface area contributed by atoms with Crippen molar-refractivity contribution in [2.45, 2.75) is 31.5 Å². The van der Waals surface area contributed by atoms with Crippen molar-refractivity contribution in [3.63, 3.8) is 0 Å². The Morgan fingerprint density at radius 3 is 2.44 bits per heavy atom. The van der Waals surface area contributed by atoms with E-state index < -0.39 is 11.7 Å². The van der Waals surface area contributed by atoms with E-state index in [1.54, 1.807) is 17.0 Å². The smallest absolute Gasteiger partial charge is 0.368 e. The molecular formula is C23H20F4N4O. The number of anilines is 1. The molecule has 32 heavy (non-hydrogen) atoms. The first-order valence-corrected chi connectivity index (χ1v) is 10.1. The number of halogens is 4. The Morgan fingerprint density at radius 2 is 1.78 bits per heavy atom. The summed E-state index contributed by atoms with van der Waals surface area (Å²) in [5.74, 6) is -0.499. The molecule has 2 aromatic carbocycles. The van der Waals surface area contributed by atoms with Gasteiger partial charge in [-0.2, -0.15) is 13.2 Å². The van der Waals surface area contributed by atoms with Crippen molar-refractivity contribution in [3.05, 3.63) is 77.4 Å². The number of carbonyl (C=O) groups excluding carboxylic acids is 1. The first-order chi connectivity index (χ1) is 15.2. The third-order valence-electron chi connectivity index (χ3n) is 5.52. The maximum atomic E-state index is 13.2. The number of benzene rings is 2. The number of carbonyl (C=O) groups is 1. The molecule has 5 nitrogen and oxygen atoms in total. The van der Waals surface area contributed by atoms with Gasteiger partial charge in [-0.3, -0.25) is 4.79 Å². The molecule has 1 unspecified atom stereocenters. The highest BCUT2D eigenvalue weighted by Crippen LogP contribution is 2.38. The Balaban J connectivity index is 1.64. The van der Waals surface area contributed by atoms with E-state index in [0.29, 0.717) is 35.3 Å². The number of aromatic nitrogens is 2. The van der Waals surface area contributed by atoms with Crippen LogP contribution >= 0.6 is 0 Å². The Kier molecular flexibility index (Phi) is 5.82. The molecule has 0 spiro atoms. The van der Waals surface area contributed by atoms with Crippen LogP contribution in [0.25, 0.3) is 11.1 Å². The Bertz CT molecular complexity index is 1110. The van der Waals surface area contributed by atoms with Crippen molar-refractivity contribution in [1.29, 1.82) is 0 Å². The fourth-order valence-corrected chi connectivity index (χ4v) is 3.95. The second-order valence-electron chi connectivity index (χ2n) is 7.65. The molecule has 0 radical (unpaired) electrons. The maximum Gasteiger partial charge on any atom is 0.416 e. The van der Waals surface area contributed by atoms with E-state index >= 15 is 0 Å². The van der Waals surface area contributed by atoms with Gasteiger partial charge in [-0.05, 0) is 48.2 Å². The molecule has 0 saturated carbocycles. The molecule has 1 aliphatic rings. The van der Waals surface area contributed by atoms with Crippen LogP contribution in [0, 0.1) is 5.82 Å². The largest absolute Gasteiger partial charge is 0.416 e. The number of amides is 1. The van der Waals surface area contributed by atoms with Crippen LogP contribution in [0.2, 0.25) is 0 Å². The van der Waals surface area contributed by atoms with E-state index in [2.05, 4.69) is 9.97 Å². The lowest BCUT2D eigenvalue weighted by atomic mass is 9.98. The third-order valence-corrected chi connectivity index (χ3v) is 5.52. The van der Waals surface area contributed by atoms with Crippen LogP contribution in [-0.2, 0) is 17.4 Å². The summed E-state index contributed by atoms with van der Waals surface area (Å²) < 4.78 is 52.0. The number of likely N-dealkylation sites (tertiary alicyclic amines) is 1. The van der Waals surface area contributed by atoms with Gasteiger partial charge in [0.25, 0.3) is 0 Å². The molecule has 1 aliphatic heterocycles. The highest BCUT2D eigenvalue weighted by Gasteiger charge is 2.34. The second kappa shape index (κ2) is 8.57. The molecule has 4 rings (SSSR count). The summed E-state index contributed by atoms with van der Waals surface area (Å²) in [4.78, 5) is 23.1. The fraction of sp³-hybridized carbons (Fsp3) is 0.261. The summed E-state index contributed by atoms with van der Waals surface area (Å²) in [5.41, 5.74) is 7.27. The van der Waals surface area contributed by atoms with Crippen molar-refractivity contribution >= 4 is 11.9 Å². The molecule has 2 heterocycles. The minimum Gasteiger partial charge on any atom is -0.368 e. The van der Waals surface area contributed by atoms with Crippen LogP contribution in [-0.4, -0.2) is 27.3 Å². The predicted molar refractivity (Wildman–Crippen MR) is 111 cm³/mol. The van der Waals surface area contributed by atoms with E-state index in [9.17, 15) is 22.4 Å². The standard InChI is InChI=1S/C23H20F4N4O/c24-17-9-3-14(4-10-17)12-20(32)31-11-1-2-19(31)21-18(13-29-22(28)30-21)15-5-7-16(8-6-15)23(25,26)27/h3-10,13,19H,1-2,11-12H2,(H2,28,29,30). The Morgan fingerprint density at radius 1 is 1.09 bits per heavy atom. The summed E-state index contributed by atoms with van der Waals surface area (Å²) in [6.07, 6.45) is -1.47. The van der Waals surface area contributed by atoms with E-state index in [0.717, 1.165) is 18.6 Å². The molecule has 1 fully saturated rings. The molecule has 1 aromatic heterocycles. The molecule has 166 valence electrons. The van der Waals surface area contributed by atoms with Crippen LogP contribution in [0.5, 0.6) is 0 Å². The van der Waals surface area contributed by atoms with Gasteiger partial charge in [-0.1, -0.05) is 24.3 Å². The number of nitrogens with zero attached hydrogens (tertiary/aromatic N) is 3. The highest BCUT2D eigenvalue weighted by molar-refractivity contribution is 5.80. The van der Waals surface area contributed by atoms with Crippen LogP contribution < -0.4 is 5.73 Å². The van der Waals surface area contributed by atoms with Gasteiger partial charge >= 0.3 is 6.18 Å². The summed E-state index contributed by atoms with van der Waals surface area (Å²) >= 11 is 0. The third kappa shape index (κ3) is 4.56. The summed E-state index contributed by atoms with van der Waals surface area (Å²) in [5, 5.41) is 0. The van der Waals surface area contributed by atoms with Gasteiger partial charge < -0.3 is 10.6 Å². The summed E-state index contributed by atoms with van der Waals surface area (Å²) in [6.45, 7) is 0.515. The molecule has 3 aromatic rings. The van der Waals surface area contributed by atoms with E-state index in [1.807, 2.05) is 0 Å². The van der Waals surface area contributed by atoms with Crippen LogP contribution in [0.3, 0.4) is 0 Å². The van der Waals surface area contributed by atoms with Gasteiger partial charge in [0.1, 0.15) is 5.82 Å². The van der Waals surface area contributed by atoms with Crippen molar-refractivity contribution in [2.75, 3.05) is 12.3 Å². The number of nitrogens with two attached hydrogens (primary N) is 1. The highest BCUT2D eigenvalue weighted by atomic mass is 19.4. The second-order valence-corrected chi connectivity index (χ2v) is 7.65. The number of alkyl halides is 3. The molecule has 9 heteroatoms.